The van der Waals surface area contributed by atoms with Crippen molar-refractivity contribution in [1.29, 1.82) is 0 Å². The average Bonchev–Trinajstić information content (AvgIpc) is 2.76. The predicted molar refractivity (Wildman–Crippen MR) is 113 cm³/mol. The molecule has 0 unspecified atom stereocenters. The van der Waals surface area contributed by atoms with Crippen LogP contribution < -0.4 is 10.1 Å². The van der Waals surface area contributed by atoms with E-state index in [0.29, 0.717) is 22.6 Å². The van der Waals surface area contributed by atoms with Gasteiger partial charge in [0.25, 0.3) is 0 Å². The van der Waals surface area contributed by atoms with Crippen LogP contribution in [-0.2, 0) is 0 Å². The second-order valence-corrected chi connectivity index (χ2v) is 6.48. The molecule has 0 saturated heterocycles. The maximum absolute atomic E-state index is 13.0. The molecule has 0 aliphatic heterocycles. The van der Waals surface area contributed by atoms with Crippen LogP contribution >= 0.6 is 0 Å². The quantitative estimate of drug-likeness (QED) is 0.382. The molecule has 142 valence electrons. The highest BCUT2D eigenvalue weighted by Crippen LogP contribution is 2.25. The number of ketones is 1. The fourth-order valence-corrected chi connectivity index (χ4v) is 2.87. The van der Waals surface area contributed by atoms with Crippen molar-refractivity contribution in [2.24, 2.45) is 0 Å². The molecular weight excluding hydrogens is 365 g/mol. The van der Waals surface area contributed by atoms with Crippen LogP contribution in [0.5, 0.6) is 11.5 Å². The van der Waals surface area contributed by atoms with Gasteiger partial charge < -0.3 is 10.1 Å². The third kappa shape index (κ3) is 4.68. The summed E-state index contributed by atoms with van der Waals surface area (Å²) in [6, 6.07) is 30.0. The molecule has 4 heteroatoms. The summed E-state index contributed by atoms with van der Waals surface area (Å²) in [5.74, 6) is 0.800. The molecule has 0 heterocycles. The van der Waals surface area contributed by atoms with E-state index >= 15 is 0 Å². The van der Waals surface area contributed by atoms with Gasteiger partial charge in [-0.05, 0) is 84.9 Å². The lowest BCUT2D eigenvalue weighted by atomic mass is 10.0. The lowest BCUT2D eigenvalue weighted by molar-refractivity contribution is 0.103. The maximum Gasteiger partial charge on any atom is 0.193 e. The van der Waals surface area contributed by atoms with E-state index < -0.39 is 0 Å². The fourth-order valence-electron chi connectivity index (χ4n) is 2.87. The van der Waals surface area contributed by atoms with Crippen LogP contribution in [0.15, 0.2) is 103 Å². The highest BCUT2D eigenvalue weighted by atomic mass is 19.1. The van der Waals surface area contributed by atoms with Crippen LogP contribution in [0, 0.1) is 5.82 Å². The molecule has 0 aliphatic carbocycles. The Labute approximate surface area is 168 Å². The Kier molecular flexibility index (Phi) is 5.34. The van der Waals surface area contributed by atoms with E-state index in [2.05, 4.69) is 5.32 Å². The van der Waals surface area contributed by atoms with Crippen molar-refractivity contribution < 1.29 is 13.9 Å². The lowest BCUT2D eigenvalue weighted by Gasteiger charge is -2.09. The molecule has 0 bridgehead atoms. The van der Waals surface area contributed by atoms with E-state index in [1.807, 2.05) is 54.6 Å². The summed E-state index contributed by atoms with van der Waals surface area (Å²) in [5.41, 5.74) is 2.94. The first kappa shape index (κ1) is 18.4. The molecule has 0 aliphatic rings. The van der Waals surface area contributed by atoms with Gasteiger partial charge in [0.2, 0.25) is 0 Å². The molecule has 0 spiro atoms. The summed E-state index contributed by atoms with van der Waals surface area (Å²) >= 11 is 0. The van der Waals surface area contributed by atoms with E-state index in [1.165, 1.54) is 24.3 Å². The molecule has 0 fully saturated rings. The molecule has 4 rings (SSSR count). The Morgan fingerprint density at radius 3 is 1.69 bits per heavy atom. The molecule has 29 heavy (non-hydrogen) atoms. The number of hydrogen-bond acceptors (Lipinski definition) is 3. The van der Waals surface area contributed by atoms with Crippen molar-refractivity contribution in [1.82, 2.24) is 0 Å². The second kappa shape index (κ2) is 8.40. The Bertz CT molecular complexity index is 1090. The van der Waals surface area contributed by atoms with Gasteiger partial charge in [-0.1, -0.05) is 18.2 Å². The topological polar surface area (TPSA) is 38.3 Å². The van der Waals surface area contributed by atoms with Gasteiger partial charge in [-0.3, -0.25) is 4.79 Å². The number of carbonyl (C=O) groups excluding carboxylic acids is 1. The number of halogens is 1. The maximum atomic E-state index is 13.0. The minimum absolute atomic E-state index is 0.159. The van der Waals surface area contributed by atoms with Gasteiger partial charge in [0, 0.05) is 22.5 Å². The number of ether oxygens (including phenoxy) is 1. The van der Waals surface area contributed by atoms with Crippen molar-refractivity contribution in [3.63, 3.8) is 0 Å². The zero-order chi connectivity index (χ0) is 20.1. The van der Waals surface area contributed by atoms with Crippen molar-refractivity contribution in [2.45, 2.75) is 0 Å². The van der Waals surface area contributed by atoms with Crippen LogP contribution in [-0.4, -0.2) is 5.78 Å². The zero-order valence-corrected chi connectivity index (χ0v) is 15.5. The average molecular weight is 383 g/mol. The Morgan fingerprint density at radius 1 is 0.621 bits per heavy atom. The minimum atomic E-state index is -0.365. The van der Waals surface area contributed by atoms with E-state index in [1.54, 1.807) is 24.3 Å². The lowest BCUT2D eigenvalue weighted by Crippen LogP contribution is -2.01. The Morgan fingerprint density at radius 2 is 1.10 bits per heavy atom. The first-order valence-corrected chi connectivity index (χ1v) is 9.18. The first-order valence-electron chi connectivity index (χ1n) is 9.18. The van der Waals surface area contributed by atoms with Crippen LogP contribution in [0.25, 0.3) is 0 Å². The van der Waals surface area contributed by atoms with E-state index in [4.69, 9.17) is 4.74 Å². The highest BCUT2D eigenvalue weighted by Gasteiger charge is 2.09. The SMILES string of the molecule is O=C(c1ccc(F)cc1)c1ccc(Oc2ccc(Nc3ccccc3)cc2)cc1. The molecule has 0 amide bonds. The summed E-state index contributed by atoms with van der Waals surface area (Å²) in [7, 11) is 0. The van der Waals surface area contributed by atoms with Crippen LogP contribution in [0.3, 0.4) is 0 Å². The van der Waals surface area contributed by atoms with Gasteiger partial charge in [-0.2, -0.15) is 0 Å². The van der Waals surface area contributed by atoms with Crippen LogP contribution in [0.4, 0.5) is 15.8 Å². The molecule has 0 radical (unpaired) electrons. The van der Waals surface area contributed by atoms with Crippen molar-refractivity contribution >= 4 is 17.2 Å². The predicted octanol–water partition coefficient (Wildman–Crippen LogP) is 6.59. The first-order chi connectivity index (χ1) is 14.2. The Hall–Kier alpha value is -3.92. The van der Waals surface area contributed by atoms with E-state index in [0.717, 1.165) is 11.4 Å². The Balaban J connectivity index is 1.41. The van der Waals surface area contributed by atoms with Crippen LogP contribution in [0.2, 0.25) is 0 Å². The van der Waals surface area contributed by atoms with Gasteiger partial charge in [0.15, 0.2) is 5.78 Å². The van der Waals surface area contributed by atoms with Gasteiger partial charge in [0.05, 0.1) is 0 Å². The summed E-state index contributed by atoms with van der Waals surface area (Å²) in [5, 5.41) is 3.32. The molecule has 0 saturated carbocycles. The number of rotatable bonds is 6. The second-order valence-electron chi connectivity index (χ2n) is 6.48. The van der Waals surface area contributed by atoms with Crippen molar-refractivity contribution in [3.8, 4) is 11.5 Å². The normalized spacial score (nSPS) is 10.4. The van der Waals surface area contributed by atoms with Gasteiger partial charge >= 0.3 is 0 Å². The highest BCUT2D eigenvalue weighted by molar-refractivity contribution is 6.09. The molecule has 1 N–H and O–H groups in total. The monoisotopic (exact) mass is 383 g/mol. The van der Waals surface area contributed by atoms with Gasteiger partial charge in [0.1, 0.15) is 17.3 Å². The fraction of sp³-hybridized carbons (Fsp3) is 0. The number of hydrogen-bond donors (Lipinski definition) is 1. The van der Waals surface area contributed by atoms with Gasteiger partial charge in [-0.25, -0.2) is 4.39 Å². The molecule has 3 nitrogen and oxygen atoms in total. The number of carbonyl (C=O) groups is 1. The number of anilines is 2. The number of benzene rings is 4. The standard InChI is InChI=1S/C25H18FNO2/c26-20-10-6-18(7-11-20)25(28)19-8-14-23(15-9-19)29-24-16-12-22(13-17-24)27-21-4-2-1-3-5-21/h1-17,27H. The largest absolute Gasteiger partial charge is 0.457 e. The van der Waals surface area contributed by atoms with Gasteiger partial charge in [-0.15, -0.1) is 0 Å². The molecule has 4 aromatic rings. The minimum Gasteiger partial charge on any atom is -0.457 e. The molecular formula is C25H18FNO2. The van der Waals surface area contributed by atoms with Crippen molar-refractivity contribution in [2.75, 3.05) is 5.32 Å². The zero-order valence-electron chi connectivity index (χ0n) is 15.5. The van der Waals surface area contributed by atoms with Crippen LogP contribution in [0.1, 0.15) is 15.9 Å². The summed E-state index contributed by atoms with van der Waals surface area (Å²) in [6.45, 7) is 0. The van der Waals surface area contributed by atoms with E-state index in [9.17, 15) is 9.18 Å². The summed E-state index contributed by atoms with van der Waals surface area (Å²) < 4.78 is 18.9. The molecule has 0 aromatic heterocycles. The number of para-hydroxylation sites is 1. The third-order valence-corrected chi connectivity index (χ3v) is 4.38. The van der Waals surface area contributed by atoms with E-state index in [-0.39, 0.29) is 11.6 Å². The smallest absolute Gasteiger partial charge is 0.193 e. The molecule has 4 aromatic carbocycles. The van der Waals surface area contributed by atoms with Crippen molar-refractivity contribution in [3.05, 3.63) is 120 Å². The summed E-state index contributed by atoms with van der Waals surface area (Å²) in [4.78, 5) is 12.4. The third-order valence-electron chi connectivity index (χ3n) is 4.38. The molecule has 0 atom stereocenters. The summed E-state index contributed by atoms with van der Waals surface area (Å²) in [6.07, 6.45) is 0. The number of nitrogens with one attached hydrogen (secondary N) is 1.